The highest BCUT2D eigenvalue weighted by Crippen LogP contribution is 2.24. The molecule has 1 aromatic heterocycles. The second-order valence-corrected chi connectivity index (χ2v) is 7.42. The smallest absolute Gasteiger partial charge is 0.243 e. The first kappa shape index (κ1) is 14.3. The summed E-state index contributed by atoms with van der Waals surface area (Å²) in [5, 5.41) is 1.68. The van der Waals surface area contributed by atoms with E-state index in [2.05, 4.69) is 11.8 Å². The van der Waals surface area contributed by atoms with Gasteiger partial charge in [0.25, 0.3) is 0 Å². The lowest BCUT2D eigenvalue weighted by Crippen LogP contribution is -2.48. The fraction of sp³-hybridized carbons (Fsp3) is 0.636. The number of sulfonamides is 1. The van der Waals surface area contributed by atoms with Crippen LogP contribution < -0.4 is 0 Å². The summed E-state index contributed by atoms with van der Waals surface area (Å²) in [6.45, 7) is 5.83. The van der Waals surface area contributed by atoms with E-state index in [0.717, 1.165) is 24.5 Å². The quantitative estimate of drug-likeness (QED) is 0.797. The molecule has 1 aliphatic rings. The number of alkyl halides is 1. The summed E-state index contributed by atoms with van der Waals surface area (Å²) in [4.78, 5) is 3.53. The highest BCUT2D eigenvalue weighted by Gasteiger charge is 2.28. The van der Waals surface area contributed by atoms with Gasteiger partial charge in [0.05, 0.1) is 10.8 Å². The number of hydrogen-bond acceptors (Lipinski definition) is 4. The molecule has 0 aliphatic carbocycles. The highest BCUT2D eigenvalue weighted by molar-refractivity contribution is 7.89. The molecular weight excluding hydrogens is 292 g/mol. The highest BCUT2D eigenvalue weighted by atomic mass is 35.5. The van der Waals surface area contributed by atoms with Gasteiger partial charge in [0, 0.05) is 36.4 Å². The Bertz CT molecular complexity index is 493. The van der Waals surface area contributed by atoms with Gasteiger partial charge in [-0.05, 0) is 12.6 Å². The monoisotopic (exact) mass is 308 g/mol. The molecule has 102 valence electrons. The summed E-state index contributed by atoms with van der Waals surface area (Å²) in [5.41, 5.74) is 0. The molecule has 1 fully saturated rings. The van der Waals surface area contributed by atoms with Gasteiger partial charge in [0.15, 0.2) is 0 Å². The third kappa shape index (κ3) is 2.88. The van der Waals surface area contributed by atoms with Crippen LogP contribution in [0.3, 0.4) is 0 Å². The van der Waals surface area contributed by atoms with Crippen molar-refractivity contribution in [2.45, 2.75) is 17.7 Å². The van der Waals surface area contributed by atoms with Crippen molar-refractivity contribution in [1.29, 1.82) is 0 Å². The number of rotatable bonds is 4. The van der Waals surface area contributed by atoms with Crippen LogP contribution >= 0.6 is 22.9 Å². The molecule has 1 aromatic rings. The Morgan fingerprint density at radius 3 is 2.50 bits per heavy atom. The Kier molecular flexibility index (Phi) is 4.66. The second-order valence-electron chi connectivity index (χ2n) is 4.22. The summed E-state index contributed by atoms with van der Waals surface area (Å²) >= 11 is 7.11. The molecule has 1 saturated heterocycles. The molecule has 0 saturated carbocycles. The van der Waals surface area contributed by atoms with Crippen molar-refractivity contribution in [3.05, 3.63) is 16.3 Å². The average Bonchev–Trinajstić information content (AvgIpc) is 2.88. The molecular formula is C11H17ClN2O2S2. The van der Waals surface area contributed by atoms with E-state index in [4.69, 9.17) is 11.6 Å². The van der Waals surface area contributed by atoms with Crippen LogP contribution in [0, 0.1) is 0 Å². The first-order chi connectivity index (χ1) is 8.57. The van der Waals surface area contributed by atoms with Gasteiger partial charge in [-0.15, -0.1) is 22.9 Å². The van der Waals surface area contributed by atoms with E-state index in [1.54, 1.807) is 15.8 Å². The van der Waals surface area contributed by atoms with Crippen LogP contribution in [0.2, 0.25) is 0 Å². The first-order valence-electron chi connectivity index (χ1n) is 5.93. The van der Waals surface area contributed by atoms with Gasteiger partial charge in [-0.1, -0.05) is 6.92 Å². The number of likely N-dealkylation sites (N-methyl/N-ethyl adjacent to an activating group) is 1. The van der Waals surface area contributed by atoms with E-state index in [0.29, 0.717) is 23.9 Å². The van der Waals surface area contributed by atoms with Gasteiger partial charge in [0.1, 0.15) is 0 Å². The van der Waals surface area contributed by atoms with Crippen LogP contribution in [-0.2, 0) is 15.9 Å². The van der Waals surface area contributed by atoms with Crippen LogP contribution in [0.5, 0.6) is 0 Å². The molecule has 0 spiro atoms. The van der Waals surface area contributed by atoms with Gasteiger partial charge in [-0.25, -0.2) is 8.42 Å². The summed E-state index contributed by atoms with van der Waals surface area (Å²) in [6, 6.07) is 1.68. The molecule has 0 amide bonds. The molecule has 2 rings (SSSR count). The van der Waals surface area contributed by atoms with E-state index in [1.807, 2.05) is 0 Å². The van der Waals surface area contributed by atoms with E-state index in [1.165, 1.54) is 11.3 Å². The molecule has 1 aliphatic heterocycles. The molecule has 0 radical (unpaired) electrons. The second kappa shape index (κ2) is 5.88. The van der Waals surface area contributed by atoms with Crippen LogP contribution in [0.15, 0.2) is 16.3 Å². The molecule has 4 nitrogen and oxygen atoms in total. The largest absolute Gasteiger partial charge is 0.301 e. The van der Waals surface area contributed by atoms with Gasteiger partial charge >= 0.3 is 0 Å². The van der Waals surface area contributed by atoms with Crippen molar-refractivity contribution >= 4 is 33.0 Å². The Morgan fingerprint density at radius 2 is 2.00 bits per heavy atom. The molecule has 2 heterocycles. The van der Waals surface area contributed by atoms with Gasteiger partial charge in [-0.3, -0.25) is 0 Å². The number of nitrogens with zero attached hydrogens (tertiary/aromatic N) is 2. The van der Waals surface area contributed by atoms with E-state index in [-0.39, 0.29) is 0 Å². The molecule has 7 heteroatoms. The molecule has 0 bridgehead atoms. The van der Waals surface area contributed by atoms with Crippen LogP contribution in [0.4, 0.5) is 0 Å². The van der Waals surface area contributed by atoms with Gasteiger partial charge in [-0.2, -0.15) is 4.31 Å². The minimum atomic E-state index is -3.32. The molecule has 0 N–H and O–H groups in total. The van der Waals surface area contributed by atoms with Gasteiger partial charge < -0.3 is 4.90 Å². The minimum absolute atomic E-state index is 0.365. The predicted molar refractivity (Wildman–Crippen MR) is 74.7 cm³/mol. The predicted octanol–water partition coefficient (Wildman–Crippen LogP) is 1.81. The van der Waals surface area contributed by atoms with Crippen LogP contribution in [0.1, 0.15) is 11.8 Å². The minimum Gasteiger partial charge on any atom is -0.301 e. The fourth-order valence-corrected chi connectivity index (χ4v) is 4.80. The first-order valence-corrected chi connectivity index (χ1v) is 8.79. The average molecular weight is 309 g/mol. The van der Waals surface area contributed by atoms with Crippen molar-refractivity contribution in [3.63, 3.8) is 0 Å². The van der Waals surface area contributed by atoms with Crippen molar-refractivity contribution in [1.82, 2.24) is 9.21 Å². The van der Waals surface area contributed by atoms with Crippen LogP contribution in [0.25, 0.3) is 0 Å². The zero-order valence-electron chi connectivity index (χ0n) is 10.3. The van der Waals surface area contributed by atoms with Crippen molar-refractivity contribution < 1.29 is 8.42 Å². The zero-order valence-corrected chi connectivity index (χ0v) is 12.7. The Hall–Kier alpha value is -0.140. The summed E-state index contributed by atoms with van der Waals surface area (Å²) in [6.07, 6.45) is 0. The maximum Gasteiger partial charge on any atom is 0.243 e. The van der Waals surface area contributed by atoms with Crippen molar-refractivity contribution in [3.8, 4) is 0 Å². The lowest BCUT2D eigenvalue weighted by atomic mass is 10.4. The third-order valence-electron chi connectivity index (χ3n) is 3.18. The zero-order chi connectivity index (χ0) is 13.2. The number of thiophene rings is 1. The molecule has 18 heavy (non-hydrogen) atoms. The maximum absolute atomic E-state index is 12.4. The Balaban J connectivity index is 2.12. The lowest BCUT2D eigenvalue weighted by molar-refractivity contribution is 0.196. The van der Waals surface area contributed by atoms with Gasteiger partial charge in [0.2, 0.25) is 10.0 Å². The van der Waals surface area contributed by atoms with E-state index in [9.17, 15) is 8.42 Å². The normalized spacial score (nSPS) is 19.2. The van der Waals surface area contributed by atoms with Crippen molar-refractivity contribution in [2.75, 3.05) is 32.7 Å². The number of hydrogen-bond donors (Lipinski definition) is 0. The van der Waals surface area contributed by atoms with E-state index < -0.39 is 10.0 Å². The summed E-state index contributed by atoms with van der Waals surface area (Å²) in [7, 11) is -3.32. The molecule has 0 atom stereocenters. The topological polar surface area (TPSA) is 40.6 Å². The maximum atomic E-state index is 12.4. The Morgan fingerprint density at radius 1 is 1.33 bits per heavy atom. The fourth-order valence-electron chi connectivity index (χ4n) is 2.00. The van der Waals surface area contributed by atoms with Crippen molar-refractivity contribution in [2.24, 2.45) is 0 Å². The standard InChI is InChI=1S/C11H17ClN2O2S2/c1-2-13-3-5-14(6-4-13)18(15,16)11-7-10(8-12)17-9-11/h7,9H,2-6,8H2,1H3. The molecule has 0 unspecified atom stereocenters. The number of halogens is 1. The number of piperazine rings is 1. The van der Waals surface area contributed by atoms with E-state index >= 15 is 0 Å². The Labute approximate surface area is 117 Å². The summed E-state index contributed by atoms with van der Waals surface area (Å²) < 4.78 is 26.3. The molecule has 0 aromatic carbocycles. The third-order valence-corrected chi connectivity index (χ3v) is 6.59. The lowest BCUT2D eigenvalue weighted by Gasteiger charge is -2.32. The van der Waals surface area contributed by atoms with Crippen LogP contribution in [-0.4, -0.2) is 50.3 Å². The summed E-state index contributed by atoms with van der Waals surface area (Å²) in [5.74, 6) is 0.365. The SMILES string of the molecule is CCN1CCN(S(=O)(=O)c2csc(CCl)c2)CC1.